The van der Waals surface area contributed by atoms with E-state index in [0.717, 1.165) is 12.8 Å². The number of carbonyl (C=O) groups is 1. The van der Waals surface area contributed by atoms with Crippen LogP contribution in [-0.2, 0) is 0 Å². The number of furan rings is 1. The third-order valence-electron chi connectivity index (χ3n) is 3.58. The maximum absolute atomic E-state index is 12.2. The molecular formula is C13H17BrN2O2S. The Morgan fingerprint density at radius 2 is 2.16 bits per heavy atom. The van der Waals surface area contributed by atoms with Crippen LogP contribution in [0.2, 0.25) is 0 Å². The van der Waals surface area contributed by atoms with Crippen molar-refractivity contribution in [1.82, 2.24) is 5.32 Å². The normalized spacial score (nSPS) is 17.9. The van der Waals surface area contributed by atoms with Gasteiger partial charge in [-0.1, -0.05) is 31.5 Å². The minimum absolute atomic E-state index is 0.205. The monoisotopic (exact) mass is 344 g/mol. The van der Waals surface area contributed by atoms with Gasteiger partial charge >= 0.3 is 0 Å². The maximum atomic E-state index is 12.2. The fraction of sp³-hybridized carbons (Fsp3) is 0.538. The summed E-state index contributed by atoms with van der Waals surface area (Å²) < 4.78 is 5.49. The number of halogens is 1. The van der Waals surface area contributed by atoms with Crippen molar-refractivity contribution >= 4 is 39.0 Å². The molecule has 19 heavy (non-hydrogen) atoms. The maximum Gasteiger partial charge on any atom is 0.256 e. The first-order valence-electron chi connectivity index (χ1n) is 6.42. The van der Waals surface area contributed by atoms with E-state index in [2.05, 4.69) is 21.2 Å². The predicted octanol–water partition coefficient (Wildman–Crippen LogP) is 3.01. The van der Waals surface area contributed by atoms with Gasteiger partial charge in [0.2, 0.25) is 0 Å². The molecule has 104 valence electrons. The molecule has 0 spiro atoms. The van der Waals surface area contributed by atoms with Crippen molar-refractivity contribution in [3.63, 3.8) is 0 Å². The molecule has 1 aliphatic rings. The molecule has 1 aliphatic carbocycles. The van der Waals surface area contributed by atoms with Crippen LogP contribution in [0.15, 0.2) is 21.4 Å². The van der Waals surface area contributed by atoms with E-state index in [1.54, 1.807) is 6.07 Å². The van der Waals surface area contributed by atoms with Gasteiger partial charge in [0.15, 0.2) is 4.67 Å². The van der Waals surface area contributed by atoms with Crippen LogP contribution in [0.5, 0.6) is 0 Å². The van der Waals surface area contributed by atoms with Crippen LogP contribution in [0.1, 0.15) is 42.5 Å². The number of hydrogen-bond acceptors (Lipinski definition) is 3. The van der Waals surface area contributed by atoms with Crippen molar-refractivity contribution < 1.29 is 9.21 Å². The summed E-state index contributed by atoms with van der Waals surface area (Å²) in [5, 5.41) is 2.93. The number of nitrogens with one attached hydrogen (secondary N) is 1. The molecule has 1 heterocycles. The molecule has 1 amide bonds. The van der Waals surface area contributed by atoms with E-state index < -0.39 is 0 Å². The summed E-state index contributed by atoms with van der Waals surface area (Å²) in [4.78, 5) is 12.5. The van der Waals surface area contributed by atoms with Crippen LogP contribution in [-0.4, -0.2) is 16.9 Å². The zero-order chi connectivity index (χ0) is 13.8. The van der Waals surface area contributed by atoms with Gasteiger partial charge in [-0.25, -0.2) is 0 Å². The molecule has 0 aromatic carbocycles. The Kier molecular flexibility index (Phi) is 4.99. The highest BCUT2D eigenvalue weighted by Crippen LogP contribution is 2.27. The average molecular weight is 345 g/mol. The molecule has 1 unspecified atom stereocenters. The van der Waals surface area contributed by atoms with E-state index in [1.165, 1.54) is 25.5 Å². The van der Waals surface area contributed by atoms with Crippen molar-refractivity contribution in [2.45, 2.75) is 38.1 Å². The molecule has 1 atom stereocenters. The van der Waals surface area contributed by atoms with Gasteiger partial charge in [-0.2, -0.15) is 0 Å². The van der Waals surface area contributed by atoms with E-state index in [0.29, 0.717) is 21.1 Å². The second-order valence-electron chi connectivity index (χ2n) is 4.86. The number of thiocarbonyl (C=S) groups is 1. The standard InChI is InChI=1S/C13H17BrN2O2S/c14-11-9(6-7-18-11)13(17)16-10(12(15)19)8-4-2-1-3-5-8/h6-8,10H,1-5H2,(H2,15,19)(H,16,17). The lowest BCUT2D eigenvalue weighted by molar-refractivity contribution is 0.0930. The lowest BCUT2D eigenvalue weighted by atomic mass is 9.83. The van der Waals surface area contributed by atoms with Gasteiger partial charge in [-0.3, -0.25) is 4.79 Å². The van der Waals surface area contributed by atoms with Crippen LogP contribution < -0.4 is 11.1 Å². The Morgan fingerprint density at radius 1 is 1.47 bits per heavy atom. The molecule has 1 saturated carbocycles. The summed E-state index contributed by atoms with van der Waals surface area (Å²) in [7, 11) is 0. The van der Waals surface area contributed by atoms with E-state index in [1.807, 2.05) is 0 Å². The highest BCUT2D eigenvalue weighted by molar-refractivity contribution is 9.10. The van der Waals surface area contributed by atoms with Crippen LogP contribution >= 0.6 is 28.1 Å². The van der Waals surface area contributed by atoms with Crippen molar-refractivity contribution in [1.29, 1.82) is 0 Å². The molecule has 0 radical (unpaired) electrons. The third kappa shape index (κ3) is 3.57. The van der Waals surface area contributed by atoms with Crippen LogP contribution in [0, 0.1) is 5.92 Å². The first-order chi connectivity index (χ1) is 9.09. The molecule has 0 bridgehead atoms. The lowest BCUT2D eigenvalue weighted by Gasteiger charge is -2.30. The van der Waals surface area contributed by atoms with E-state index in [9.17, 15) is 4.79 Å². The van der Waals surface area contributed by atoms with Crippen molar-refractivity contribution in [3.05, 3.63) is 22.6 Å². The van der Waals surface area contributed by atoms with Gasteiger partial charge in [-0.15, -0.1) is 0 Å². The van der Waals surface area contributed by atoms with E-state index in [4.69, 9.17) is 22.4 Å². The number of carbonyl (C=O) groups excluding carboxylic acids is 1. The Balaban J connectivity index is 2.06. The first kappa shape index (κ1) is 14.5. The van der Waals surface area contributed by atoms with Crippen LogP contribution in [0.25, 0.3) is 0 Å². The summed E-state index contributed by atoms with van der Waals surface area (Å²) in [6.07, 6.45) is 7.20. The molecule has 1 aromatic heterocycles. The number of rotatable bonds is 4. The van der Waals surface area contributed by atoms with Crippen molar-refractivity contribution in [2.24, 2.45) is 11.7 Å². The predicted molar refractivity (Wildman–Crippen MR) is 81.0 cm³/mol. The molecule has 1 fully saturated rings. The second kappa shape index (κ2) is 6.52. The largest absolute Gasteiger partial charge is 0.457 e. The molecule has 0 aliphatic heterocycles. The smallest absolute Gasteiger partial charge is 0.256 e. The summed E-state index contributed by atoms with van der Waals surface area (Å²) in [5.74, 6) is 0.143. The van der Waals surface area contributed by atoms with Gasteiger partial charge in [0.05, 0.1) is 22.9 Å². The van der Waals surface area contributed by atoms with Gasteiger partial charge in [0.25, 0.3) is 5.91 Å². The second-order valence-corrected chi connectivity index (χ2v) is 6.05. The number of nitrogens with two attached hydrogens (primary N) is 1. The minimum Gasteiger partial charge on any atom is -0.457 e. The average Bonchev–Trinajstić information content (AvgIpc) is 2.82. The molecule has 3 N–H and O–H groups in total. The highest BCUT2D eigenvalue weighted by atomic mass is 79.9. The van der Waals surface area contributed by atoms with Crippen molar-refractivity contribution in [2.75, 3.05) is 0 Å². The molecular weight excluding hydrogens is 328 g/mol. The highest BCUT2D eigenvalue weighted by Gasteiger charge is 2.28. The summed E-state index contributed by atoms with van der Waals surface area (Å²) in [5.41, 5.74) is 6.26. The van der Waals surface area contributed by atoms with E-state index >= 15 is 0 Å². The Morgan fingerprint density at radius 3 is 2.68 bits per heavy atom. The Hall–Kier alpha value is -0.880. The van der Waals surface area contributed by atoms with Crippen molar-refractivity contribution in [3.8, 4) is 0 Å². The topological polar surface area (TPSA) is 68.3 Å². The molecule has 6 heteroatoms. The van der Waals surface area contributed by atoms with Crippen LogP contribution in [0.4, 0.5) is 0 Å². The van der Waals surface area contributed by atoms with Gasteiger partial charge in [-0.05, 0) is 40.8 Å². The summed E-state index contributed by atoms with van der Waals surface area (Å²) >= 11 is 8.30. The molecule has 1 aromatic rings. The van der Waals surface area contributed by atoms with E-state index in [-0.39, 0.29) is 11.9 Å². The fourth-order valence-electron chi connectivity index (χ4n) is 2.56. The van der Waals surface area contributed by atoms with Gasteiger partial charge in [0, 0.05) is 0 Å². The number of amides is 1. The zero-order valence-corrected chi connectivity index (χ0v) is 12.9. The number of hydrogen-bond donors (Lipinski definition) is 2. The zero-order valence-electron chi connectivity index (χ0n) is 10.5. The molecule has 0 saturated heterocycles. The SMILES string of the molecule is NC(=S)C(NC(=O)c1ccoc1Br)C1CCCCC1. The van der Waals surface area contributed by atoms with Crippen LogP contribution in [0.3, 0.4) is 0 Å². The Bertz CT molecular complexity index is 469. The molecule has 2 rings (SSSR count). The van der Waals surface area contributed by atoms with Gasteiger partial charge < -0.3 is 15.5 Å². The Labute approximate surface area is 126 Å². The summed E-state index contributed by atoms with van der Waals surface area (Å²) in [6, 6.07) is 1.39. The fourth-order valence-corrected chi connectivity index (χ4v) is 3.24. The minimum atomic E-state index is -0.232. The van der Waals surface area contributed by atoms with Gasteiger partial charge in [0.1, 0.15) is 0 Å². The third-order valence-corrected chi connectivity index (χ3v) is 4.44. The lowest BCUT2D eigenvalue weighted by Crippen LogP contribution is -2.48. The summed E-state index contributed by atoms with van der Waals surface area (Å²) in [6.45, 7) is 0. The quantitative estimate of drug-likeness (QED) is 0.823. The first-order valence-corrected chi connectivity index (χ1v) is 7.63. The molecule has 4 nitrogen and oxygen atoms in total.